The van der Waals surface area contributed by atoms with Crippen LogP contribution in [0.1, 0.15) is 45.7 Å². The second-order valence-electron chi connectivity index (χ2n) is 4.44. The zero-order chi connectivity index (χ0) is 14.3. The van der Waals surface area contributed by atoms with Crippen LogP contribution < -0.4 is 0 Å². The number of benzene rings is 2. The van der Waals surface area contributed by atoms with E-state index in [-0.39, 0.29) is 0 Å². The molecule has 3 rings (SSSR count). The van der Waals surface area contributed by atoms with Gasteiger partial charge >= 0.3 is 0 Å². The fourth-order valence-electron chi connectivity index (χ4n) is 2.32. The summed E-state index contributed by atoms with van der Waals surface area (Å²) < 4.78 is 0. The first kappa shape index (κ1) is 15.5. The molecule has 0 radical (unpaired) electrons. The molecule has 1 aliphatic carbocycles. The van der Waals surface area contributed by atoms with Gasteiger partial charge in [-0.1, -0.05) is 77.1 Å². The molecule has 2 aromatic rings. The van der Waals surface area contributed by atoms with Gasteiger partial charge in [-0.15, -0.1) is 0 Å². The van der Waals surface area contributed by atoms with Gasteiger partial charge in [0.1, 0.15) is 0 Å². The third-order valence-corrected chi connectivity index (χ3v) is 3.15. The average Bonchev–Trinajstić information content (AvgIpc) is 2.49. The molecule has 2 aromatic carbocycles. The third kappa shape index (κ3) is 3.70. The zero-order valence-electron chi connectivity index (χ0n) is 12.9. The van der Waals surface area contributed by atoms with Crippen molar-refractivity contribution < 1.29 is 0 Å². The minimum atomic E-state index is 0.679. The lowest BCUT2D eigenvalue weighted by molar-refractivity contribution is 0.718. The van der Waals surface area contributed by atoms with Gasteiger partial charge in [-0.3, -0.25) is 0 Å². The highest BCUT2D eigenvalue weighted by atomic mass is 14.1. The predicted octanol–water partition coefficient (Wildman–Crippen LogP) is 6.10. The van der Waals surface area contributed by atoms with E-state index in [4.69, 9.17) is 0 Å². The first-order valence-corrected chi connectivity index (χ1v) is 7.53. The normalized spacial score (nSPS) is 15.7. The molecular formula is C19H26. The van der Waals surface area contributed by atoms with Crippen molar-refractivity contribution in [1.82, 2.24) is 0 Å². The van der Waals surface area contributed by atoms with Crippen molar-refractivity contribution in [2.24, 2.45) is 5.92 Å². The Labute approximate surface area is 118 Å². The van der Waals surface area contributed by atoms with Crippen molar-refractivity contribution in [3.8, 4) is 0 Å². The van der Waals surface area contributed by atoms with Gasteiger partial charge in [0.15, 0.2) is 0 Å². The summed E-state index contributed by atoms with van der Waals surface area (Å²) in [6.07, 6.45) is 5.74. The minimum Gasteiger partial charge on any atom is -0.0808 e. The molecule has 0 N–H and O–H groups in total. The van der Waals surface area contributed by atoms with E-state index in [1.54, 1.807) is 0 Å². The molecule has 0 spiro atoms. The van der Waals surface area contributed by atoms with Crippen LogP contribution in [-0.4, -0.2) is 0 Å². The summed E-state index contributed by atoms with van der Waals surface area (Å²) in [5, 5.41) is 2.70. The quantitative estimate of drug-likeness (QED) is 0.533. The lowest BCUT2D eigenvalue weighted by Gasteiger charge is -2.16. The van der Waals surface area contributed by atoms with Crippen LogP contribution in [0.25, 0.3) is 16.8 Å². The van der Waals surface area contributed by atoms with Gasteiger partial charge in [0.05, 0.1) is 0 Å². The molecular weight excluding hydrogens is 228 g/mol. The number of allylic oxidation sites excluding steroid dienone is 1. The smallest absolute Gasteiger partial charge is 0.0178 e. The molecule has 102 valence electrons. The largest absolute Gasteiger partial charge is 0.0808 e. The van der Waals surface area contributed by atoms with Crippen LogP contribution >= 0.6 is 0 Å². The maximum atomic E-state index is 2.34. The second kappa shape index (κ2) is 7.78. The van der Waals surface area contributed by atoms with Crippen LogP contribution in [0.4, 0.5) is 0 Å². The highest BCUT2D eigenvalue weighted by Crippen LogP contribution is 2.27. The summed E-state index contributed by atoms with van der Waals surface area (Å²) in [5.41, 5.74) is 2.88. The maximum absolute atomic E-state index is 2.34. The van der Waals surface area contributed by atoms with Crippen molar-refractivity contribution in [3.05, 3.63) is 53.6 Å². The number of hydrogen-bond donors (Lipinski definition) is 0. The molecule has 0 heteroatoms. The van der Waals surface area contributed by atoms with Crippen molar-refractivity contribution in [2.45, 2.75) is 41.0 Å². The average molecular weight is 254 g/mol. The molecule has 1 unspecified atom stereocenters. The molecule has 0 aliphatic heterocycles. The monoisotopic (exact) mass is 254 g/mol. The Bertz CT molecular complexity index is 535. The Morgan fingerprint density at radius 1 is 0.895 bits per heavy atom. The SMILES string of the molecule is CC.CC.CC1C=Cc2cc3ccccc3cc2C1. The Balaban J connectivity index is 0.000000415. The van der Waals surface area contributed by atoms with Crippen LogP contribution in [0.15, 0.2) is 42.5 Å². The van der Waals surface area contributed by atoms with E-state index in [0.717, 1.165) is 0 Å². The van der Waals surface area contributed by atoms with Crippen LogP contribution in [0.5, 0.6) is 0 Å². The Morgan fingerprint density at radius 2 is 1.47 bits per heavy atom. The van der Waals surface area contributed by atoms with Gasteiger partial charge in [0.2, 0.25) is 0 Å². The lowest BCUT2D eigenvalue weighted by atomic mass is 9.89. The standard InChI is InChI=1S/C15H14.2C2H6/c1-11-6-7-14-9-12-4-2-3-5-13(12)10-15(14)8-11;2*1-2/h2-7,9-11H,8H2,1H3;2*1-2H3. The van der Waals surface area contributed by atoms with Gasteiger partial charge < -0.3 is 0 Å². The fraction of sp³-hybridized carbons (Fsp3) is 0.368. The van der Waals surface area contributed by atoms with Crippen LogP contribution in [0.3, 0.4) is 0 Å². The molecule has 0 fully saturated rings. The van der Waals surface area contributed by atoms with Crippen LogP contribution in [0.2, 0.25) is 0 Å². The maximum Gasteiger partial charge on any atom is -0.0178 e. The summed E-state index contributed by atoms with van der Waals surface area (Å²) in [4.78, 5) is 0. The van der Waals surface area contributed by atoms with Crippen molar-refractivity contribution >= 4 is 16.8 Å². The molecule has 0 nitrogen and oxygen atoms in total. The van der Waals surface area contributed by atoms with Gasteiger partial charge in [-0.25, -0.2) is 0 Å². The predicted molar refractivity (Wildman–Crippen MR) is 88.5 cm³/mol. The minimum absolute atomic E-state index is 0.679. The number of hydrogen-bond acceptors (Lipinski definition) is 0. The Kier molecular flexibility index (Phi) is 6.35. The van der Waals surface area contributed by atoms with Crippen molar-refractivity contribution in [2.75, 3.05) is 0 Å². The van der Waals surface area contributed by atoms with E-state index in [1.807, 2.05) is 27.7 Å². The van der Waals surface area contributed by atoms with Crippen LogP contribution in [-0.2, 0) is 6.42 Å². The van der Waals surface area contributed by atoms with Crippen molar-refractivity contribution in [1.29, 1.82) is 0 Å². The molecule has 0 aromatic heterocycles. The highest BCUT2D eigenvalue weighted by Gasteiger charge is 2.10. The van der Waals surface area contributed by atoms with Crippen LogP contribution in [0, 0.1) is 5.92 Å². The molecule has 0 saturated carbocycles. The summed E-state index contributed by atoms with van der Waals surface area (Å²) in [7, 11) is 0. The lowest BCUT2D eigenvalue weighted by Crippen LogP contribution is -2.02. The molecule has 0 amide bonds. The molecule has 0 saturated heterocycles. The summed E-state index contributed by atoms with van der Waals surface area (Å²) >= 11 is 0. The van der Waals surface area contributed by atoms with E-state index >= 15 is 0 Å². The van der Waals surface area contributed by atoms with E-state index < -0.39 is 0 Å². The molecule has 19 heavy (non-hydrogen) atoms. The first-order valence-electron chi connectivity index (χ1n) is 7.53. The van der Waals surface area contributed by atoms with Gasteiger partial charge in [-0.2, -0.15) is 0 Å². The van der Waals surface area contributed by atoms with Gasteiger partial charge in [0.25, 0.3) is 0 Å². The Hall–Kier alpha value is -1.56. The summed E-state index contributed by atoms with van der Waals surface area (Å²) in [6, 6.07) is 13.2. The second-order valence-corrected chi connectivity index (χ2v) is 4.44. The summed E-state index contributed by atoms with van der Waals surface area (Å²) in [6.45, 7) is 10.3. The topological polar surface area (TPSA) is 0 Å². The fourth-order valence-corrected chi connectivity index (χ4v) is 2.32. The van der Waals surface area contributed by atoms with E-state index in [9.17, 15) is 0 Å². The third-order valence-electron chi connectivity index (χ3n) is 3.15. The first-order chi connectivity index (χ1) is 9.33. The number of fused-ring (bicyclic) bond motifs is 2. The molecule has 1 aliphatic rings. The van der Waals surface area contributed by atoms with Crippen molar-refractivity contribution in [3.63, 3.8) is 0 Å². The van der Waals surface area contributed by atoms with Gasteiger partial charge in [0, 0.05) is 0 Å². The number of rotatable bonds is 0. The summed E-state index contributed by atoms with van der Waals surface area (Å²) in [5.74, 6) is 0.679. The van der Waals surface area contributed by atoms with E-state index in [0.29, 0.717) is 5.92 Å². The molecule has 1 atom stereocenters. The molecule has 0 heterocycles. The molecule has 0 bridgehead atoms. The Morgan fingerprint density at radius 3 is 2.11 bits per heavy atom. The van der Waals surface area contributed by atoms with E-state index in [1.165, 1.54) is 28.3 Å². The van der Waals surface area contributed by atoms with E-state index in [2.05, 4.69) is 55.5 Å². The zero-order valence-corrected chi connectivity index (χ0v) is 12.9. The highest BCUT2D eigenvalue weighted by molar-refractivity contribution is 5.86. The van der Waals surface area contributed by atoms with Gasteiger partial charge in [-0.05, 0) is 40.3 Å².